The molecule has 24 heavy (non-hydrogen) atoms. The van der Waals surface area contributed by atoms with Gasteiger partial charge < -0.3 is 4.90 Å². The van der Waals surface area contributed by atoms with Crippen LogP contribution in [0, 0.1) is 0 Å². The number of nitrogens with zero attached hydrogens (tertiary/aromatic N) is 2. The first-order valence-corrected chi connectivity index (χ1v) is 8.25. The Morgan fingerprint density at radius 2 is 1.67 bits per heavy atom. The lowest BCUT2D eigenvalue weighted by Crippen LogP contribution is -2.22. The molecule has 0 amide bonds. The minimum absolute atomic E-state index is 0.0678. The lowest BCUT2D eigenvalue weighted by atomic mass is 9.88. The largest absolute Gasteiger partial charge is 0.372 e. The van der Waals surface area contributed by atoms with Crippen LogP contribution in [0.5, 0.6) is 0 Å². The topological polar surface area (TPSA) is 50.3 Å². The maximum absolute atomic E-state index is 12.8. The van der Waals surface area contributed by atoms with Gasteiger partial charge in [-0.05, 0) is 43.7 Å². The summed E-state index contributed by atoms with van der Waals surface area (Å²) < 4.78 is 0. The molecule has 1 aliphatic carbocycles. The molecule has 1 aromatic heterocycles. The molecule has 0 bridgehead atoms. The maximum Gasteiger partial charge on any atom is 0.224 e. The van der Waals surface area contributed by atoms with Crippen LogP contribution in [0.1, 0.15) is 40.3 Å². The van der Waals surface area contributed by atoms with E-state index in [1.54, 1.807) is 12.1 Å². The van der Waals surface area contributed by atoms with E-state index in [-0.39, 0.29) is 22.1 Å². The summed E-state index contributed by atoms with van der Waals surface area (Å²) in [6.07, 6.45) is 1.48. The van der Waals surface area contributed by atoms with Crippen molar-refractivity contribution in [2.45, 2.75) is 13.8 Å². The van der Waals surface area contributed by atoms with E-state index >= 15 is 0 Å². The van der Waals surface area contributed by atoms with E-state index in [0.29, 0.717) is 11.1 Å². The van der Waals surface area contributed by atoms with Crippen LogP contribution in [0.2, 0.25) is 0 Å². The second kappa shape index (κ2) is 6.57. The third kappa shape index (κ3) is 2.63. The van der Waals surface area contributed by atoms with Crippen LogP contribution in [-0.4, -0.2) is 29.6 Å². The SMILES string of the molecule is CCN(CC)c1ccc(C2=C(Cl)C(=O)c3ncccc3C2=O)cc1. The predicted octanol–water partition coefficient (Wildman–Crippen LogP) is 3.96. The summed E-state index contributed by atoms with van der Waals surface area (Å²) >= 11 is 6.21. The van der Waals surface area contributed by atoms with Gasteiger partial charge in [-0.1, -0.05) is 23.7 Å². The van der Waals surface area contributed by atoms with E-state index in [1.807, 2.05) is 24.3 Å². The number of fused-ring (bicyclic) bond motifs is 1. The van der Waals surface area contributed by atoms with Gasteiger partial charge in [0.1, 0.15) is 10.7 Å². The average Bonchev–Trinajstić information content (AvgIpc) is 2.62. The quantitative estimate of drug-likeness (QED) is 0.845. The Labute approximate surface area is 145 Å². The molecule has 1 aliphatic rings. The number of hydrogen-bond donors (Lipinski definition) is 0. The van der Waals surface area contributed by atoms with Gasteiger partial charge in [-0.15, -0.1) is 0 Å². The number of ketones is 2. The Balaban J connectivity index is 2.05. The van der Waals surface area contributed by atoms with E-state index in [2.05, 4.69) is 23.7 Å². The zero-order valence-corrected chi connectivity index (χ0v) is 14.3. The zero-order valence-electron chi connectivity index (χ0n) is 13.5. The molecule has 5 heteroatoms. The third-order valence-corrected chi connectivity index (χ3v) is 4.56. The molecule has 3 rings (SSSR count). The Bertz CT molecular complexity index is 837. The van der Waals surface area contributed by atoms with Gasteiger partial charge in [-0.2, -0.15) is 0 Å². The smallest absolute Gasteiger partial charge is 0.224 e. The number of aromatic nitrogens is 1. The summed E-state index contributed by atoms with van der Waals surface area (Å²) in [7, 11) is 0. The number of carbonyl (C=O) groups excluding carboxylic acids is 2. The van der Waals surface area contributed by atoms with Crippen LogP contribution in [0.25, 0.3) is 5.57 Å². The fraction of sp³-hybridized carbons (Fsp3) is 0.211. The van der Waals surface area contributed by atoms with Gasteiger partial charge in [0.15, 0.2) is 5.78 Å². The fourth-order valence-corrected chi connectivity index (χ4v) is 3.19. The Morgan fingerprint density at radius 3 is 2.29 bits per heavy atom. The molecule has 0 saturated heterocycles. The summed E-state index contributed by atoms with van der Waals surface area (Å²) in [5.74, 6) is -0.673. The van der Waals surface area contributed by atoms with E-state index in [0.717, 1.165) is 18.8 Å². The number of carbonyl (C=O) groups is 2. The van der Waals surface area contributed by atoms with Gasteiger partial charge in [0, 0.05) is 25.0 Å². The van der Waals surface area contributed by atoms with Gasteiger partial charge in [-0.3, -0.25) is 14.6 Å². The molecule has 0 atom stereocenters. The molecule has 0 fully saturated rings. The standard InChI is InChI=1S/C19H17ClN2O2/c1-3-22(4-2)13-9-7-12(8-10-13)15-16(20)19(24)17-14(18(15)23)6-5-11-21-17/h5-11H,3-4H2,1-2H3. The number of pyridine rings is 1. The highest BCUT2D eigenvalue weighted by molar-refractivity contribution is 6.56. The molecular weight excluding hydrogens is 324 g/mol. The molecular formula is C19H17ClN2O2. The number of Topliss-reactive ketones (excluding diaryl/α,β-unsaturated/α-hetero) is 2. The lowest BCUT2D eigenvalue weighted by Gasteiger charge is -2.22. The minimum Gasteiger partial charge on any atom is -0.372 e. The van der Waals surface area contributed by atoms with Crippen molar-refractivity contribution >= 4 is 34.4 Å². The van der Waals surface area contributed by atoms with Gasteiger partial charge >= 0.3 is 0 Å². The average molecular weight is 341 g/mol. The lowest BCUT2D eigenvalue weighted by molar-refractivity contribution is 0.0994. The normalized spacial score (nSPS) is 14.0. The summed E-state index contributed by atoms with van der Waals surface area (Å²) in [6, 6.07) is 10.8. The summed E-state index contributed by atoms with van der Waals surface area (Å²) in [6.45, 7) is 5.97. The third-order valence-electron chi connectivity index (χ3n) is 4.20. The number of halogens is 1. The molecule has 0 radical (unpaired) electrons. The molecule has 0 N–H and O–H groups in total. The predicted molar refractivity (Wildman–Crippen MR) is 95.7 cm³/mol. The molecule has 1 heterocycles. The van der Waals surface area contributed by atoms with E-state index in [4.69, 9.17) is 11.6 Å². The van der Waals surface area contributed by atoms with Crippen molar-refractivity contribution in [3.63, 3.8) is 0 Å². The van der Waals surface area contributed by atoms with Crippen molar-refractivity contribution in [3.05, 3.63) is 64.4 Å². The van der Waals surface area contributed by atoms with E-state index < -0.39 is 5.78 Å². The van der Waals surface area contributed by atoms with Crippen molar-refractivity contribution < 1.29 is 9.59 Å². The highest BCUT2D eigenvalue weighted by Gasteiger charge is 2.33. The van der Waals surface area contributed by atoms with Crippen molar-refractivity contribution in [3.8, 4) is 0 Å². The second-order valence-electron chi connectivity index (χ2n) is 5.47. The Morgan fingerprint density at radius 1 is 1.00 bits per heavy atom. The summed E-state index contributed by atoms with van der Waals surface area (Å²) in [5.41, 5.74) is 2.37. The first-order chi connectivity index (χ1) is 11.6. The van der Waals surface area contributed by atoms with Crippen LogP contribution in [0.15, 0.2) is 47.6 Å². The molecule has 122 valence electrons. The van der Waals surface area contributed by atoms with Crippen LogP contribution in [-0.2, 0) is 0 Å². The second-order valence-corrected chi connectivity index (χ2v) is 5.84. The van der Waals surface area contributed by atoms with Crippen LogP contribution in [0.4, 0.5) is 5.69 Å². The van der Waals surface area contributed by atoms with Gasteiger partial charge in [0.05, 0.1) is 11.1 Å². The highest BCUT2D eigenvalue weighted by atomic mass is 35.5. The van der Waals surface area contributed by atoms with Gasteiger partial charge in [0.2, 0.25) is 5.78 Å². The molecule has 2 aromatic rings. The van der Waals surface area contributed by atoms with Crippen molar-refractivity contribution in [2.24, 2.45) is 0 Å². The van der Waals surface area contributed by atoms with Crippen molar-refractivity contribution in [1.82, 2.24) is 4.98 Å². The first kappa shape index (κ1) is 16.4. The number of rotatable bonds is 4. The number of benzene rings is 1. The van der Waals surface area contributed by atoms with Crippen LogP contribution < -0.4 is 4.90 Å². The van der Waals surface area contributed by atoms with E-state index in [9.17, 15) is 9.59 Å². The minimum atomic E-state index is -0.408. The fourth-order valence-electron chi connectivity index (χ4n) is 2.91. The molecule has 0 unspecified atom stereocenters. The van der Waals surface area contributed by atoms with E-state index in [1.165, 1.54) is 6.20 Å². The monoisotopic (exact) mass is 340 g/mol. The van der Waals surface area contributed by atoms with Crippen LogP contribution in [0.3, 0.4) is 0 Å². The first-order valence-electron chi connectivity index (χ1n) is 7.88. The number of hydrogen-bond acceptors (Lipinski definition) is 4. The Hall–Kier alpha value is -2.46. The van der Waals surface area contributed by atoms with Gasteiger partial charge in [-0.25, -0.2) is 0 Å². The van der Waals surface area contributed by atoms with Crippen LogP contribution >= 0.6 is 11.6 Å². The number of anilines is 1. The molecule has 0 spiro atoms. The maximum atomic E-state index is 12.8. The van der Waals surface area contributed by atoms with Crippen molar-refractivity contribution in [1.29, 1.82) is 0 Å². The molecule has 0 aliphatic heterocycles. The molecule has 1 aromatic carbocycles. The van der Waals surface area contributed by atoms with Crippen molar-refractivity contribution in [2.75, 3.05) is 18.0 Å². The highest BCUT2D eigenvalue weighted by Crippen LogP contribution is 2.34. The molecule has 4 nitrogen and oxygen atoms in total. The summed E-state index contributed by atoms with van der Waals surface area (Å²) in [5, 5.41) is -0.0678. The summed E-state index contributed by atoms with van der Waals surface area (Å²) in [4.78, 5) is 31.4. The van der Waals surface area contributed by atoms with Gasteiger partial charge in [0.25, 0.3) is 0 Å². The number of allylic oxidation sites excluding steroid dienone is 2. The zero-order chi connectivity index (χ0) is 17.3. The Kier molecular flexibility index (Phi) is 4.49. The molecule has 0 saturated carbocycles.